The van der Waals surface area contributed by atoms with Crippen LogP contribution in [0.4, 0.5) is 8.78 Å². The van der Waals surface area contributed by atoms with Crippen LogP contribution >= 0.6 is 11.8 Å². The number of nitrogens with two attached hydrogens (primary N) is 1. The summed E-state index contributed by atoms with van der Waals surface area (Å²) in [6.07, 6.45) is 3.68. The lowest BCUT2D eigenvalue weighted by Crippen LogP contribution is -2.44. The summed E-state index contributed by atoms with van der Waals surface area (Å²) < 4.78 is 35.2. The molecule has 6 nitrogen and oxygen atoms in total. The number of benzene rings is 1. The third-order valence-corrected chi connectivity index (χ3v) is 6.56. The van der Waals surface area contributed by atoms with Crippen LogP contribution in [0.1, 0.15) is 48.3 Å². The lowest BCUT2D eigenvalue weighted by molar-refractivity contribution is 0.0987. The minimum atomic E-state index is -1.46. The molecule has 2 aliphatic rings. The molecule has 1 aliphatic heterocycles. The number of carbonyl (C=O) groups excluding carboxylic acids is 1. The molecule has 2 heterocycles. The van der Waals surface area contributed by atoms with Crippen molar-refractivity contribution in [3.63, 3.8) is 0 Å². The number of rotatable bonds is 7. The van der Waals surface area contributed by atoms with Gasteiger partial charge in [0.05, 0.1) is 19.0 Å². The van der Waals surface area contributed by atoms with E-state index < -0.39 is 22.8 Å². The summed E-state index contributed by atoms with van der Waals surface area (Å²) in [5, 5.41) is -0.257. The summed E-state index contributed by atoms with van der Waals surface area (Å²) >= 11 is 1.12. The monoisotopic (exact) mass is 446 g/mol. The molecule has 1 aromatic heterocycles. The number of alkyl halides is 1. The van der Waals surface area contributed by atoms with Gasteiger partial charge in [-0.2, -0.15) is 0 Å². The summed E-state index contributed by atoms with van der Waals surface area (Å²) in [4.78, 5) is 25.2. The molecule has 164 valence electrons. The number of ketones is 1. The van der Waals surface area contributed by atoms with Crippen LogP contribution < -0.4 is 10.5 Å². The van der Waals surface area contributed by atoms with E-state index in [1.54, 1.807) is 6.92 Å². The number of hydrogen-bond donors (Lipinski definition) is 1. The smallest absolute Gasteiger partial charge is 0.232 e. The third kappa shape index (κ3) is 4.71. The Hall–Kier alpha value is -2.55. The molecule has 0 unspecified atom stereocenters. The van der Waals surface area contributed by atoms with Gasteiger partial charge in [-0.3, -0.25) is 4.79 Å². The molecule has 3 atom stereocenters. The quantitative estimate of drug-likeness (QED) is 0.650. The standard InChI is InChI=1S/C22H24F2N4O2S/c1-12-20(24)22(2,28-21(25)31-12)15-7-14(5-6-16(15)23)8-18(29)17-9-27-19(10-26-17)30-11-13-3-4-13/h5-7,9-10,12-13,20H,3-4,8,11H2,1-2H3,(H2,25,28)/t12-,20+,22-/m1/s1. The molecular formula is C22H24F2N4O2S. The van der Waals surface area contributed by atoms with Crippen molar-refractivity contribution in [1.29, 1.82) is 0 Å². The second-order valence-corrected chi connectivity index (χ2v) is 9.63. The molecule has 0 saturated heterocycles. The fourth-order valence-electron chi connectivity index (χ4n) is 3.60. The number of hydrogen-bond acceptors (Lipinski definition) is 7. The Labute approximate surface area is 183 Å². The van der Waals surface area contributed by atoms with Crippen molar-refractivity contribution in [3.8, 4) is 5.88 Å². The number of aliphatic imine (C=N–C) groups is 1. The van der Waals surface area contributed by atoms with Crippen LogP contribution in [0.3, 0.4) is 0 Å². The maximum absolute atomic E-state index is 15.0. The molecule has 0 bridgehead atoms. The number of halogens is 2. The molecule has 9 heteroatoms. The lowest BCUT2D eigenvalue weighted by atomic mass is 9.84. The molecule has 1 saturated carbocycles. The number of thioether (sulfide) groups is 1. The van der Waals surface area contributed by atoms with E-state index >= 15 is 4.39 Å². The van der Waals surface area contributed by atoms with Crippen LogP contribution in [-0.4, -0.2) is 38.9 Å². The molecule has 4 rings (SSSR count). The van der Waals surface area contributed by atoms with Gasteiger partial charge in [-0.15, -0.1) is 0 Å². The van der Waals surface area contributed by atoms with Crippen molar-refractivity contribution >= 4 is 22.7 Å². The Morgan fingerprint density at radius 3 is 2.77 bits per heavy atom. The first-order valence-electron chi connectivity index (χ1n) is 10.2. The van der Waals surface area contributed by atoms with Gasteiger partial charge in [0.2, 0.25) is 5.88 Å². The predicted octanol–water partition coefficient (Wildman–Crippen LogP) is 3.83. The largest absolute Gasteiger partial charge is 0.476 e. The van der Waals surface area contributed by atoms with E-state index in [9.17, 15) is 9.18 Å². The average Bonchev–Trinajstić information content (AvgIpc) is 3.56. The van der Waals surface area contributed by atoms with E-state index in [2.05, 4.69) is 15.0 Å². The van der Waals surface area contributed by atoms with E-state index in [0.717, 1.165) is 11.8 Å². The highest BCUT2D eigenvalue weighted by atomic mass is 32.2. The summed E-state index contributed by atoms with van der Waals surface area (Å²) in [5.74, 6) is 0.103. The SMILES string of the molecule is C[C@H]1SC(N)=N[C@](C)(c2cc(CC(=O)c3cnc(OCC4CC4)cn3)ccc2F)[C@H]1F. The number of aromatic nitrogens is 2. The molecule has 0 radical (unpaired) electrons. The van der Waals surface area contributed by atoms with Gasteiger partial charge in [0.15, 0.2) is 11.0 Å². The Bertz CT molecular complexity index is 1010. The summed E-state index contributed by atoms with van der Waals surface area (Å²) in [6.45, 7) is 3.83. The van der Waals surface area contributed by atoms with Gasteiger partial charge in [0.25, 0.3) is 0 Å². The second-order valence-electron chi connectivity index (χ2n) is 8.23. The van der Waals surface area contributed by atoms with Gasteiger partial charge in [-0.1, -0.05) is 17.8 Å². The molecule has 0 spiro atoms. The zero-order valence-electron chi connectivity index (χ0n) is 17.3. The zero-order valence-corrected chi connectivity index (χ0v) is 18.2. The molecule has 0 amide bonds. The Kier molecular flexibility index (Phi) is 5.96. The Morgan fingerprint density at radius 2 is 2.10 bits per heavy atom. The van der Waals surface area contributed by atoms with Gasteiger partial charge >= 0.3 is 0 Å². The maximum Gasteiger partial charge on any atom is 0.232 e. The van der Waals surface area contributed by atoms with Gasteiger partial charge in [0, 0.05) is 17.2 Å². The first-order chi connectivity index (χ1) is 14.8. The second kappa shape index (κ2) is 8.53. The highest BCUT2D eigenvalue weighted by Gasteiger charge is 2.45. The molecular weight excluding hydrogens is 422 g/mol. The molecule has 31 heavy (non-hydrogen) atoms. The number of nitrogens with zero attached hydrogens (tertiary/aromatic N) is 3. The molecule has 1 aliphatic carbocycles. The van der Waals surface area contributed by atoms with Crippen molar-refractivity contribution in [2.75, 3.05) is 6.61 Å². The topological polar surface area (TPSA) is 90.5 Å². The van der Waals surface area contributed by atoms with Crippen molar-refractivity contribution in [2.24, 2.45) is 16.6 Å². The van der Waals surface area contributed by atoms with Crippen LogP contribution in [0.25, 0.3) is 0 Å². The molecule has 2 N–H and O–H groups in total. The van der Waals surface area contributed by atoms with E-state index in [0.29, 0.717) is 24.0 Å². The van der Waals surface area contributed by atoms with Crippen LogP contribution in [0.5, 0.6) is 5.88 Å². The van der Waals surface area contributed by atoms with Gasteiger partial charge in [-0.05, 0) is 50.3 Å². The van der Waals surface area contributed by atoms with E-state index in [4.69, 9.17) is 10.5 Å². The van der Waals surface area contributed by atoms with Crippen molar-refractivity contribution in [3.05, 3.63) is 53.2 Å². The maximum atomic E-state index is 15.0. The van der Waals surface area contributed by atoms with Crippen LogP contribution in [0.15, 0.2) is 35.6 Å². The highest BCUT2D eigenvalue weighted by Crippen LogP contribution is 2.42. The summed E-state index contributed by atoms with van der Waals surface area (Å²) in [7, 11) is 0. The van der Waals surface area contributed by atoms with Crippen molar-refractivity contribution < 1.29 is 18.3 Å². The Morgan fingerprint density at radius 1 is 1.32 bits per heavy atom. The van der Waals surface area contributed by atoms with Gasteiger partial charge in [0.1, 0.15) is 23.2 Å². The van der Waals surface area contributed by atoms with Crippen LogP contribution in [0.2, 0.25) is 0 Å². The molecule has 2 aromatic rings. The van der Waals surface area contributed by atoms with Crippen LogP contribution in [-0.2, 0) is 12.0 Å². The number of Topliss-reactive ketones (excluding diaryl/α,β-unsaturated/α-hetero) is 1. The first kappa shape index (κ1) is 21.7. The predicted molar refractivity (Wildman–Crippen MR) is 116 cm³/mol. The van der Waals surface area contributed by atoms with E-state index in [-0.39, 0.29) is 28.6 Å². The average molecular weight is 447 g/mol. The molecule has 1 fully saturated rings. The summed E-state index contributed by atoms with van der Waals surface area (Å²) in [6, 6.07) is 4.22. The van der Waals surface area contributed by atoms with Gasteiger partial charge in [-0.25, -0.2) is 23.7 Å². The van der Waals surface area contributed by atoms with E-state index in [1.807, 2.05) is 0 Å². The number of ether oxygens (including phenoxy) is 1. The lowest BCUT2D eigenvalue weighted by Gasteiger charge is -2.37. The minimum absolute atomic E-state index is 0.0270. The van der Waals surface area contributed by atoms with Crippen LogP contribution in [0, 0.1) is 11.7 Å². The first-order valence-corrected chi connectivity index (χ1v) is 11.1. The fourth-order valence-corrected chi connectivity index (χ4v) is 4.61. The third-order valence-electron chi connectivity index (χ3n) is 5.62. The van der Waals surface area contributed by atoms with Gasteiger partial charge < -0.3 is 10.5 Å². The number of carbonyl (C=O) groups is 1. The summed E-state index contributed by atoms with van der Waals surface area (Å²) in [5.41, 5.74) is 5.18. The minimum Gasteiger partial charge on any atom is -0.476 e. The number of amidine groups is 1. The normalized spacial score (nSPS) is 25.7. The Balaban J connectivity index is 1.51. The van der Waals surface area contributed by atoms with Crippen molar-refractivity contribution in [2.45, 2.75) is 50.1 Å². The fraction of sp³-hybridized carbons (Fsp3) is 0.455. The highest BCUT2D eigenvalue weighted by molar-refractivity contribution is 8.14. The molecule has 1 aromatic carbocycles. The van der Waals surface area contributed by atoms with Crippen molar-refractivity contribution in [1.82, 2.24) is 9.97 Å². The zero-order chi connectivity index (χ0) is 22.2. The van der Waals surface area contributed by atoms with E-state index in [1.165, 1.54) is 50.4 Å².